The van der Waals surface area contributed by atoms with Gasteiger partial charge >= 0.3 is 18.4 Å². The Bertz CT molecular complexity index is 1920. The van der Waals surface area contributed by atoms with Crippen molar-refractivity contribution in [3.63, 3.8) is 0 Å². The zero-order chi connectivity index (χ0) is 33.3. The molecule has 0 saturated carbocycles. The third-order valence-corrected chi connectivity index (χ3v) is 7.88. The topological polar surface area (TPSA) is 91.3 Å². The second-order valence-corrected chi connectivity index (χ2v) is 10.9. The van der Waals surface area contributed by atoms with Crippen LogP contribution in [0.15, 0.2) is 48.5 Å². The van der Waals surface area contributed by atoms with Crippen LogP contribution in [0.3, 0.4) is 0 Å². The molecular weight excluding hydrogens is 652 g/mol. The van der Waals surface area contributed by atoms with Crippen LogP contribution in [0.25, 0.3) is 0 Å². The molecule has 3 aromatic carbocycles. The second kappa shape index (κ2) is 10.9. The van der Waals surface area contributed by atoms with Crippen LogP contribution in [0.2, 0.25) is 5.02 Å². The molecular formula is C29H19ClF8N6O2. The average Bonchev–Trinajstić information content (AvgIpc) is 3.57. The van der Waals surface area contributed by atoms with Gasteiger partial charge in [-0.3, -0.25) is 14.4 Å². The fraction of sp³-hybridized carbons (Fsp3) is 0.207. The van der Waals surface area contributed by atoms with Crippen LogP contribution in [-0.4, -0.2) is 28.3 Å². The molecule has 0 saturated heterocycles. The molecule has 2 aliphatic rings. The molecule has 4 aromatic rings. The zero-order valence-electron chi connectivity index (χ0n) is 23.2. The molecule has 3 N–H and O–H groups in total. The summed E-state index contributed by atoms with van der Waals surface area (Å²) in [6.07, 6.45) is -9.55. The monoisotopic (exact) mass is 670 g/mol. The van der Waals surface area contributed by atoms with Crippen molar-refractivity contribution < 1.29 is 44.7 Å². The lowest BCUT2D eigenvalue weighted by Crippen LogP contribution is -2.46. The van der Waals surface area contributed by atoms with Crippen LogP contribution < -0.4 is 20.9 Å². The number of aromatic nitrogens is 2. The largest absolute Gasteiger partial charge is 0.435 e. The molecule has 17 heteroatoms. The van der Waals surface area contributed by atoms with Crippen molar-refractivity contribution in [2.24, 2.45) is 7.05 Å². The minimum Gasteiger partial charge on any atom is -0.340 e. The quantitative estimate of drug-likeness (QED) is 0.191. The molecule has 1 unspecified atom stereocenters. The Morgan fingerprint density at radius 2 is 1.72 bits per heavy atom. The lowest BCUT2D eigenvalue weighted by Gasteiger charge is -2.35. The van der Waals surface area contributed by atoms with Gasteiger partial charge in [-0.2, -0.15) is 31.4 Å². The number of benzene rings is 3. The van der Waals surface area contributed by atoms with Crippen molar-refractivity contribution in [2.75, 3.05) is 22.1 Å². The minimum atomic E-state index is -4.98. The Balaban J connectivity index is 1.53. The number of carbonyl (C=O) groups excluding carboxylic acids is 2. The first-order valence-corrected chi connectivity index (χ1v) is 13.7. The number of hydrogen-bond donors (Lipinski definition) is 3. The van der Waals surface area contributed by atoms with E-state index in [9.17, 15) is 44.7 Å². The van der Waals surface area contributed by atoms with Gasteiger partial charge in [0.25, 0.3) is 5.91 Å². The van der Waals surface area contributed by atoms with Crippen LogP contribution in [0.4, 0.5) is 62.8 Å². The molecule has 3 heterocycles. The standard InChI is InChI=1S/C29H19ClF8N6O2/c1-43-22(11-21(42-43)29(36,37)38)39-19-10-20(40-26(45)12-6-13(28(33,34)35)8-15(32)7-12)23-24(17-9-14(31)2-3-18(17)30)41-27(46)44-5-4-16(19)25(23)44/h2-3,6-11,24,39H,4-5H2,1H3,(H,40,45)(H,41,46). The molecule has 46 heavy (non-hydrogen) atoms. The highest BCUT2D eigenvalue weighted by molar-refractivity contribution is 6.31. The van der Waals surface area contributed by atoms with E-state index in [1.165, 1.54) is 24.1 Å². The summed E-state index contributed by atoms with van der Waals surface area (Å²) < 4.78 is 110. The van der Waals surface area contributed by atoms with Gasteiger partial charge in [-0.05, 0) is 48.9 Å². The number of carbonyl (C=O) groups is 2. The molecule has 0 radical (unpaired) electrons. The van der Waals surface area contributed by atoms with E-state index in [0.717, 1.165) is 22.9 Å². The summed E-state index contributed by atoms with van der Waals surface area (Å²) in [5.41, 5.74) is -2.46. The number of alkyl halides is 6. The lowest BCUT2D eigenvalue weighted by atomic mass is 9.90. The van der Waals surface area contributed by atoms with Crippen LogP contribution in [-0.2, 0) is 25.8 Å². The highest BCUT2D eigenvalue weighted by Crippen LogP contribution is 2.50. The van der Waals surface area contributed by atoms with Crippen molar-refractivity contribution in [1.29, 1.82) is 0 Å². The Morgan fingerprint density at radius 3 is 2.39 bits per heavy atom. The van der Waals surface area contributed by atoms with E-state index in [1.807, 2.05) is 0 Å². The van der Waals surface area contributed by atoms with Crippen LogP contribution in [0, 0.1) is 11.6 Å². The van der Waals surface area contributed by atoms with Gasteiger partial charge in [-0.15, -0.1) is 0 Å². The molecule has 0 fully saturated rings. The summed E-state index contributed by atoms with van der Waals surface area (Å²) in [6.45, 7) is 0.0991. The number of aryl methyl sites for hydroxylation is 1. The third kappa shape index (κ3) is 5.57. The number of halogens is 9. The fourth-order valence-electron chi connectivity index (χ4n) is 5.52. The van der Waals surface area contributed by atoms with E-state index in [-0.39, 0.29) is 58.1 Å². The van der Waals surface area contributed by atoms with Crippen molar-refractivity contribution >= 4 is 46.4 Å². The number of anilines is 4. The summed E-state index contributed by atoms with van der Waals surface area (Å²) in [5.74, 6) is -3.35. The second-order valence-electron chi connectivity index (χ2n) is 10.5. The molecule has 8 nitrogen and oxygen atoms in total. The van der Waals surface area contributed by atoms with E-state index >= 15 is 0 Å². The van der Waals surface area contributed by atoms with Gasteiger partial charge in [-0.1, -0.05) is 11.6 Å². The highest BCUT2D eigenvalue weighted by Gasteiger charge is 2.41. The minimum absolute atomic E-state index is 0.0286. The number of nitrogens with zero attached hydrogens (tertiary/aromatic N) is 3. The fourth-order valence-corrected chi connectivity index (χ4v) is 5.74. The molecule has 3 amide bonds. The Morgan fingerprint density at radius 1 is 0.978 bits per heavy atom. The number of rotatable bonds is 5. The first-order valence-electron chi connectivity index (χ1n) is 13.3. The van der Waals surface area contributed by atoms with Crippen molar-refractivity contribution in [1.82, 2.24) is 15.1 Å². The molecule has 6 rings (SSSR count). The smallest absolute Gasteiger partial charge is 0.340 e. The van der Waals surface area contributed by atoms with Crippen LogP contribution in [0.1, 0.15) is 44.3 Å². The Hall–Kier alpha value is -4.86. The summed E-state index contributed by atoms with van der Waals surface area (Å²) in [4.78, 5) is 27.9. The SMILES string of the molecule is Cn1nc(C(F)(F)F)cc1Nc1cc(NC(=O)c2cc(F)cc(C(F)(F)F)c2)c2c3c1CCN3C(=O)NC2c1cc(F)ccc1Cl. The third-order valence-electron chi connectivity index (χ3n) is 7.54. The van der Waals surface area contributed by atoms with Crippen LogP contribution in [0.5, 0.6) is 0 Å². The molecule has 240 valence electrons. The maximum absolute atomic E-state index is 14.4. The maximum Gasteiger partial charge on any atom is 0.435 e. The van der Waals surface area contributed by atoms with Crippen LogP contribution >= 0.6 is 11.6 Å². The summed E-state index contributed by atoms with van der Waals surface area (Å²) in [7, 11) is 1.25. The zero-order valence-corrected chi connectivity index (χ0v) is 23.9. The summed E-state index contributed by atoms with van der Waals surface area (Å²) in [5, 5.41) is 11.5. The van der Waals surface area contributed by atoms with Gasteiger partial charge in [0.15, 0.2) is 5.69 Å². The molecule has 0 spiro atoms. The number of urea groups is 1. The van der Waals surface area contributed by atoms with Gasteiger partial charge in [0.1, 0.15) is 17.5 Å². The maximum atomic E-state index is 14.4. The van der Waals surface area contributed by atoms with Gasteiger partial charge in [0, 0.05) is 52.6 Å². The summed E-state index contributed by atoms with van der Waals surface area (Å²) >= 11 is 6.38. The molecule has 0 bridgehead atoms. The number of amides is 3. The van der Waals surface area contributed by atoms with Crippen molar-refractivity contribution in [3.8, 4) is 0 Å². The van der Waals surface area contributed by atoms with E-state index in [4.69, 9.17) is 11.6 Å². The first kappa shape index (κ1) is 31.1. The lowest BCUT2D eigenvalue weighted by molar-refractivity contribution is -0.141. The Kier molecular flexibility index (Phi) is 7.37. The van der Waals surface area contributed by atoms with Gasteiger partial charge in [0.2, 0.25) is 0 Å². The predicted molar refractivity (Wildman–Crippen MR) is 150 cm³/mol. The molecule has 0 aliphatic carbocycles. The van der Waals surface area contributed by atoms with E-state index in [0.29, 0.717) is 17.7 Å². The van der Waals surface area contributed by atoms with Gasteiger partial charge in [-0.25, -0.2) is 13.6 Å². The summed E-state index contributed by atoms with van der Waals surface area (Å²) in [6, 6.07) is 4.84. The highest BCUT2D eigenvalue weighted by atomic mass is 35.5. The normalized spacial score (nSPS) is 15.9. The van der Waals surface area contributed by atoms with E-state index in [1.54, 1.807) is 0 Å². The number of hydrogen-bond acceptors (Lipinski definition) is 4. The molecule has 1 aromatic heterocycles. The van der Waals surface area contributed by atoms with Gasteiger partial charge < -0.3 is 16.0 Å². The first-order chi connectivity index (χ1) is 21.5. The predicted octanol–water partition coefficient (Wildman–Crippen LogP) is 7.56. The average molecular weight is 671 g/mol. The molecule has 1 atom stereocenters. The van der Waals surface area contributed by atoms with Gasteiger partial charge in [0.05, 0.1) is 23.0 Å². The van der Waals surface area contributed by atoms with Crippen molar-refractivity contribution in [3.05, 3.63) is 98.7 Å². The Labute approximate surface area is 258 Å². The van der Waals surface area contributed by atoms with Crippen molar-refractivity contribution in [2.45, 2.75) is 24.8 Å². The number of nitrogens with one attached hydrogen (secondary N) is 3. The van der Waals surface area contributed by atoms with E-state index < -0.39 is 58.8 Å². The molecule has 2 aliphatic heterocycles. The van der Waals surface area contributed by atoms with E-state index in [2.05, 4.69) is 21.0 Å².